The minimum atomic E-state index is -0.727. The summed E-state index contributed by atoms with van der Waals surface area (Å²) in [5, 5.41) is 0. The summed E-state index contributed by atoms with van der Waals surface area (Å²) in [4.78, 5) is 18.6. The number of anilines is 6. The molecule has 1 heterocycles. The number of hydrogen-bond acceptors (Lipinski definition) is 3. The molecule has 12 rings (SSSR count). The van der Waals surface area contributed by atoms with E-state index >= 15 is 0 Å². The maximum atomic E-state index is 13.8. The van der Waals surface area contributed by atoms with Gasteiger partial charge in [0.05, 0.1) is 16.8 Å². The number of fused-ring (bicyclic) bond motifs is 4. The Morgan fingerprint density at radius 2 is 0.794 bits per heavy atom. The van der Waals surface area contributed by atoms with Gasteiger partial charge in [0.25, 0.3) is 0 Å². The lowest BCUT2D eigenvalue weighted by atomic mass is 9.62. The molecule has 324 valence electrons. The van der Waals surface area contributed by atoms with E-state index in [9.17, 15) is 4.79 Å². The lowest BCUT2D eigenvalue weighted by Gasteiger charge is -2.47. The van der Waals surface area contributed by atoms with Gasteiger partial charge in [-0.1, -0.05) is 196 Å². The van der Waals surface area contributed by atoms with E-state index in [0.29, 0.717) is 0 Å². The zero-order valence-electron chi connectivity index (χ0n) is 38.1. The van der Waals surface area contributed by atoms with Crippen molar-refractivity contribution >= 4 is 39.9 Å². The first-order valence-corrected chi connectivity index (χ1v) is 23.5. The third-order valence-corrected chi connectivity index (χ3v) is 14.3. The fraction of sp³-hybridized carbons (Fsp3) is 0.0615. The summed E-state index contributed by atoms with van der Waals surface area (Å²) in [6.45, 7) is 4.46. The lowest BCUT2D eigenvalue weighted by molar-refractivity contribution is 0.103. The summed E-state index contributed by atoms with van der Waals surface area (Å²) in [5.41, 5.74) is 18.4. The number of ketones is 1. The zero-order valence-corrected chi connectivity index (χ0v) is 38.1. The number of nitrogens with zero attached hydrogens (tertiary/aromatic N) is 2. The van der Waals surface area contributed by atoms with Crippen LogP contribution < -0.4 is 9.80 Å². The molecule has 10 aromatic rings. The number of benzene rings is 10. The smallest absolute Gasteiger partial charge is 0.193 e. The van der Waals surface area contributed by atoms with Crippen molar-refractivity contribution in [1.29, 1.82) is 0 Å². The molecule has 0 spiro atoms. The number of carbonyl (C=O) groups excluding carboxylic acids is 1. The molecule has 2 aliphatic rings. The van der Waals surface area contributed by atoms with Gasteiger partial charge in [0.15, 0.2) is 5.78 Å². The fourth-order valence-corrected chi connectivity index (χ4v) is 11.1. The molecule has 1 aliphatic heterocycles. The lowest BCUT2D eigenvalue weighted by Crippen LogP contribution is -2.38. The van der Waals surface area contributed by atoms with Crippen LogP contribution in [0.1, 0.15) is 63.1 Å². The first kappa shape index (κ1) is 40.9. The van der Waals surface area contributed by atoms with Crippen LogP contribution >= 0.6 is 0 Å². The fourth-order valence-electron chi connectivity index (χ4n) is 11.1. The summed E-state index contributed by atoms with van der Waals surface area (Å²) in [6, 6.07) is 91.6. The predicted octanol–water partition coefficient (Wildman–Crippen LogP) is 16.5. The monoisotopic (exact) mass is 872 g/mol. The van der Waals surface area contributed by atoms with Gasteiger partial charge in [-0.3, -0.25) is 4.79 Å². The average Bonchev–Trinajstić information content (AvgIpc) is 3.41. The van der Waals surface area contributed by atoms with Gasteiger partial charge in [-0.15, -0.1) is 0 Å². The largest absolute Gasteiger partial charge is 0.310 e. The Morgan fingerprint density at radius 1 is 0.353 bits per heavy atom. The van der Waals surface area contributed by atoms with E-state index in [-0.39, 0.29) is 11.2 Å². The normalized spacial score (nSPS) is 14.0. The van der Waals surface area contributed by atoms with E-state index in [1.54, 1.807) is 0 Å². The molecule has 3 heteroatoms. The Bertz CT molecular complexity index is 3400. The maximum absolute atomic E-state index is 13.8. The summed E-state index contributed by atoms with van der Waals surface area (Å²) in [5.74, 6) is 0.0931. The van der Waals surface area contributed by atoms with Crippen LogP contribution in [-0.2, 0) is 10.8 Å². The molecule has 0 unspecified atom stereocenters. The molecule has 10 aromatic carbocycles. The van der Waals surface area contributed by atoms with Gasteiger partial charge >= 0.3 is 0 Å². The van der Waals surface area contributed by atoms with Gasteiger partial charge in [-0.25, -0.2) is 0 Å². The number of hydrogen-bond donors (Lipinski definition) is 0. The second kappa shape index (κ2) is 16.4. The van der Waals surface area contributed by atoms with Crippen LogP contribution in [-0.4, -0.2) is 5.78 Å². The third-order valence-electron chi connectivity index (χ3n) is 14.3. The Hall–Kier alpha value is -8.53. The van der Waals surface area contributed by atoms with Gasteiger partial charge in [-0.05, 0) is 128 Å². The summed E-state index contributed by atoms with van der Waals surface area (Å²) >= 11 is 0. The van der Waals surface area contributed by atoms with Gasteiger partial charge in [0.2, 0.25) is 0 Å². The van der Waals surface area contributed by atoms with Crippen LogP contribution in [0, 0.1) is 0 Å². The van der Waals surface area contributed by atoms with Crippen molar-refractivity contribution in [3.8, 4) is 22.3 Å². The van der Waals surface area contributed by atoms with Gasteiger partial charge in [0, 0.05) is 39.3 Å². The third kappa shape index (κ3) is 6.53. The van der Waals surface area contributed by atoms with E-state index in [0.717, 1.165) is 73.1 Å². The molecule has 0 aromatic heterocycles. The van der Waals surface area contributed by atoms with Crippen LogP contribution in [0.2, 0.25) is 0 Å². The van der Waals surface area contributed by atoms with Crippen LogP contribution in [0.25, 0.3) is 22.3 Å². The van der Waals surface area contributed by atoms with Gasteiger partial charge in [-0.2, -0.15) is 0 Å². The molecule has 0 N–H and O–H groups in total. The van der Waals surface area contributed by atoms with Crippen molar-refractivity contribution in [1.82, 2.24) is 0 Å². The maximum Gasteiger partial charge on any atom is 0.193 e. The number of para-hydroxylation sites is 2. The molecule has 0 amide bonds. The highest BCUT2D eigenvalue weighted by atomic mass is 16.1. The minimum Gasteiger partial charge on any atom is -0.310 e. The summed E-state index contributed by atoms with van der Waals surface area (Å²) < 4.78 is 0. The van der Waals surface area contributed by atoms with Crippen molar-refractivity contribution in [3.05, 3.63) is 299 Å². The number of carbonyl (C=O) groups is 1. The standard InChI is InChI=1S/C65H48N2O/c1-64(2)57-31-19-18-30-55(57)63(68)56-39-34-47(42-58(56)64)46-32-36-53(37-33-46)67-61-40-35-48(45-20-8-3-9-21-45)43-59(61)65(49-22-10-4-11-23-49,50-24-12-5-13-25-50)60-44-54(38-41-62(60)67)66(51-26-14-6-15-27-51)52-28-16-7-17-29-52/h3-44H,1-2H3. The second-order valence-corrected chi connectivity index (χ2v) is 18.4. The molecule has 0 atom stereocenters. The Labute approximate surface area is 398 Å². The van der Waals surface area contributed by atoms with E-state index in [2.05, 4.69) is 254 Å². The Morgan fingerprint density at radius 3 is 1.40 bits per heavy atom. The van der Waals surface area contributed by atoms with Crippen LogP contribution in [0.4, 0.5) is 34.1 Å². The van der Waals surface area contributed by atoms with Crippen LogP contribution in [0.15, 0.2) is 255 Å². The highest BCUT2D eigenvalue weighted by Gasteiger charge is 2.47. The van der Waals surface area contributed by atoms with Crippen LogP contribution in [0.3, 0.4) is 0 Å². The Balaban J connectivity index is 1.09. The number of rotatable bonds is 8. The highest BCUT2D eigenvalue weighted by Crippen LogP contribution is 2.59. The summed E-state index contributed by atoms with van der Waals surface area (Å²) in [7, 11) is 0. The average molecular weight is 873 g/mol. The molecule has 0 saturated carbocycles. The quantitative estimate of drug-likeness (QED) is 0.152. The van der Waals surface area contributed by atoms with Crippen molar-refractivity contribution in [2.45, 2.75) is 24.7 Å². The minimum absolute atomic E-state index is 0.0931. The van der Waals surface area contributed by atoms with Gasteiger partial charge < -0.3 is 9.80 Å². The predicted molar refractivity (Wildman–Crippen MR) is 281 cm³/mol. The first-order valence-electron chi connectivity index (χ1n) is 23.5. The molecule has 0 fully saturated rings. The molecule has 1 aliphatic carbocycles. The topological polar surface area (TPSA) is 23.6 Å². The molecular formula is C65H48N2O. The second-order valence-electron chi connectivity index (χ2n) is 18.4. The SMILES string of the molecule is CC1(C)c2ccccc2C(=O)c2ccc(-c3ccc(N4c5ccc(-c6ccccc6)cc5C(c5ccccc5)(c5ccccc5)c5cc(N(c6ccccc6)c6ccccc6)ccc54)cc3)cc21. The van der Waals surface area contributed by atoms with E-state index < -0.39 is 5.41 Å². The van der Waals surface area contributed by atoms with Crippen molar-refractivity contribution in [2.75, 3.05) is 9.80 Å². The van der Waals surface area contributed by atoms with Crippen molar-refractivity contribution < 1.29 is 4.79 Å². The zero-order chi connectivity index (χ0) is 45.8. The van der Waals surface area contributed by atoms with E-state index in [1.165, 1.54) is 27.8 Å². The first-order chi connectivity index (χ1) is 33.4. The Kier molecular flexibility index (Phi) is 9.88. The molecule has 68 heavy (non-hydrogen) atoms. The molecule has 3 nitrogen and oxygen atoms in total. The highest BCUT2D eigenvalue weighted by molar-refractivity contribution is 6.13. The van der Waals surface area contributed by atoms with E-state index in [4.69, 9.17) is 0 Å². The van der Waals surface area contributed by atoms with Gasteiger partial charge in [0.1, 0.15) is 0 Å². The molecule has 0 bridgehead atoms. The molecular weight excluding hydrogens is 825 g/mol. The van der Waals surface area contributed by atoms with E-state index in [1.807, 2.05) is 24.3 Å². The van der Waals surface area contributed by atoms with Crippen LogP contribution in [0.5, 0.6) is 0 Å². The molecule has 0 radical (unpaired) electrons. The molecule has 0 saturated heterocycles. The van der Waals surface area contributed by atoms with Crippen molar-refractivity contribution in [3.63, 3.8) is 0 Å². The van der Waals surface area contributed by atoms with Crippen molar-refractivity contribution in [2.24, 2.45) is 0 Å². The summed E-state index contributed by atoms with van der Waals surface area (Å²) in [6.07, 6.45) is 0.